The maximum Gasteiger partial charge on any atom is -0.0319 e. The topological polar surface area (TPSA) is 0 Å². The van der Waals surface area contributed by atoms with Crippen molar-refractivity contribution in [1.82, 2.24) is 0 Å². The minimum atomic E-state index is 0.718. The van der Waals surface area contributed by atoms with Gasteiger partial charge in [-0.05, 0) is 10.8 Å². The van der Waals surface area contributed by atoms with Crippen molar-refractivity contribution in [2.45, 2.75) is 0 Å². The van der Waals surface area contributed by atoms with Crippen molar-refractivity contribution in [2.75, 3.05) is 0 Å². The van der Waals surface area contributed by atoms with E-state index in [1.807, 2.05) is 11.6 Å². The van der Waals surface area contributed by atoms with Crippen LogP contribution in [0, 0.1) is 0 Å². The van der Waals surface area contributed by atoms with Crippen LogP contribution in [-0.4, -0.2) is 0 Å². The fraction of sp³-hybridized carbons (Fsp3) is 0. The molecule has 0 rings (SSSR count). The highest BCUT2D eigenvalue weighted by Gasteiger charge is 1.61. The van der Waals surface area contributed by atoms with Crippen molar-refractivity contribution in [3.8, 4) is 0 Å². The molecule has 0 saturated carbocycles. The minimum Gasteiger partial charge on any atom is -0.151 e. The summed E-state index contributed by atoms with van der Waals surface area (Å²) >= 11 is 7.72. The SMILES string of the molecule is S/C=C/P/C=C/S. The molecule has 0 nitrogen and oxygen atoms in total. The van der Waals surface area contributed by atoms with Gasteiger partial charge in [0.2, 0.25) is 0 Å². The Bertz CT molecular complexity index is 67.8. The number of hydrogen-bond donors (Lipinski definition) is 2. The molecule has 0 aliphatic carbocycles. The summed E-state index contributed by atoms with van der Waals surface area (Å²) in [5.41, 5.74) is 0. The van der Waals surface area contributed by atoms with Crippen LogP contribution in [0.3, 0.4) is 0 Å². The third-order valence-electron chi connectivity index (χ3n) is 0.342. The van der Waals surface area contributed by atoms with E-state index in [9.17, 15) is 0 Å². The number of rotatable bonds is 2. The van der Waals surface area contributed by atoms with Gasteiger partial charge in [0.05, 0.1) is 0 Å². The van der Waals surface area contributed by atoms with Gasteiger partial charge in [-0.2, -0.15) is 25.3 Å². The number of thiol groups is 2. The van der Waals surface area contributed by atoms with E-state index in [2.05, 4.69) is 25.3 Å². The first-order valence-electron chi connectivity index (χ1n) is 1.76. The Balaban J connectivity index is 2.98. The second-order valence-electron chi connectivity index (χ2n) is 0.798. The molecule has 0 aliphatic rings. The molecule has 0 bridgehead atoms. The summed E-state index contributed by atoms with van der Waals surface area (Å²) in [5, 5.41) is 3.46. The first-order valence-corrected chi connectivity index (χ1v) is 3.95. The molecule has 0 saturated heterocycles. The fourth-order valence-electron chi connectivity index (χ4n) is 0.142. The van der Waals surface area contributed by atoms with Crippen LogP contribution >= 0.6 is 33.8 Å². The minimum absolute atomic E-state index is 0.718. The largest absolute Gasteiger partial charge is 0.151 e. The monoisotopic (exact) mass is 150 g/mol. The van der Waals surface area contributed by atoms with Gasteiger partial charge in [0.1, 0.15) is 0 Å². The highest BCUT2D eigenvalue weighted by Crippen LogP contribution is 2.13. The van der Waals surface area contributed by atoms with Crippen LogP contribution in [0.1, 0.15) is 0 Å². The molecule has 3 heteroatoms. The summed E-state index contributed by atoms with van der Waals surface area (Å²) in [7, 11) is 0.718. The van der Waals surface area contributed by atoms with Gasteiger partial charge in [0.15, 0.2) is 0 Å². The molecule has 0 spiro atoms. The summed E-state index contributed by atoms with van der Waals surface area (Å²) in [6, 6.07) is 0. The van der Waals surface area contributed by atoms with E-state index in [4.69, 9.17) is 0 Å². The predicted molar refractivity (Wildman–Crippen MR) is 44.6 cm³/mol. The van der Waals surface area contributed by atoms with Crippen LogP contribution in [-0.2, 0) is 0 Å². The Morgan fingerprint density at radius 1 is 1.00 bits per heavy atom. The van der Waals surface area contributed by atoms with E-state index >= 15 is 0 Å². The molecule has 0 heterocycles. The van der Waals surface area contributed by atoms with Gasteiger partial charge in [-0.1, -0.05) is 20.2 Å². The summed E-state index contributed by atoms with van der Waals surface area (Å²) < 4.78 is 0. The lowest BCUT2D eigenvalue weighted by atomic mass is 11.2. The van der Waals surface area contributed by atoms with Gasteiger partial charge >= 0.3 is 0 Å². The summed E-state index contributed by atoms with van der Waals surface area (Å²) in [6.07, 6.45) is 0. The van der Waals surface area contributed by atoms with Crippen LogP contribution in [0.15, 0.2) is 22.5 Å². The van der Waals surface area contributed by atoms with Gasteiger partial charge in [-0.25, -0.2) is 0 Å². The third-order valence-corrected chi connectivity index (χ3v) is 1.92. The summed E-state index contributed by atoms with van der Waals surface area (Å²) in [5.74, 6) is 3.94. The van der Waals surface area contributed by atoms with Crippen molar-refractivity contribution in [3.05, 3.63) is 22.5 Å². The molecule has 0 fully saturated rings. The van der Waals surface area contributed by atoms with Gasteiger partial charge < -0.3 is 0 Å². The average molecular weight is 150 g/mol. The average Bonchev–Trinajstić information content (AvgIpc) is 1.69. The Kier molecular flexibility index (Phi) is 7.19. The van der Waals surface area contributed by atoms with Crippen LogP contribution in [0.2, 0.25) is 0 Å². The Hall–Kier alpha value is 0.610. The first kappa shape index (κ1) is 7.61. The zero-order chi connectivity index (χ0) is 5.54. The molecule has 0 aromatic carbocycles. The molecule has 0 aromatic rings. The smallest absolute Gasteiger partial charge is 0.0319 e. The van der Waals surface area contributed by atoms with Crippen molar-refractivity contribution in [2.24, 2.45) is 0 Å². The first-order chi connectivity index (χ1) is 3.41. The normalized spacial score (nSPS) is 11.7. The molecule has 0 N–H and O–H groups in total. The zero-order valence-electron chi connectivity index (χ0n) is 3.70. The standard InChI is InChI=1S/C4H7PS2/c6-3-1-5-2-4-7/h1-7H/b3-1+,4-2+. The lowest BCUT2D eigenvalue weighted by Crippen LogP contribution is -1.30. The maximum atomic E-state index is 3.86. The molecule has 0 radical (unpaired) electrons. The van der Waals surface area contributed by atoms with E-state index in [0.717, 1.165) is 8.58 Å². The van der Waals surface area contributed by atoms with Gasteiger partial charge in [-0.15, -0.1) is 0 Å². The van der Waals surface area contributed by atoms with Gasteiger partial charge in [0.25, 0.3) is 0 Å². The maximum absolute atomic E-state index is 3.86. The van der Waals surface area contributed by atoms with Crippen molar-refractivity contribution in [1.29, 1.82) is 0 Å². The molecular formula is C4H7PS2. The molecule has 0 aromatic heterocycles. The molecular weight excluding hydrogens is 143 g/mol. The Morgan fingerprint density at radius 3 is 1.71 bits per heavy atom. The van der Waals surface area contributed by atoms with E-state index in [-0.39, 0.29) is 0 Å². The summed E-state index contributed by atoms with van der Waals surface area (Å²) in [4.78, 5) is 0. The highest BCUT2D eigenvalue weighted by molar-refractivity contribution is 7.84. The van der Waals surface area contributed by atoms with Crippen LogP contribution < -0.4 is 0 Å². The number of hydrogen-bond acceptors (Lipinski definition) is 2. The van der Waals surface area contributed by atoms with Crippen LogP contribution in [0.25, 0.3) is 0 Å². The quantitative estimate of drug-likeness (QED) is 0.438. The van der Waals surface area contributed by atoms with Crippen LogP contribution in [0.5, 0.6) is 0 Å². The third kappa shape index (κ3) is 6.61. The van der Waals surface area contributed by atoms with Crippen molar-refractivity contribution >= 4 is 33.8 Å². The summed E-state index contributed by atoms with van der Waals surface area (Å²) in [6.45, 7) is 0. The van der Waals surface area contributed by atoms with Gasteiger partial charge in [0, 0.05) is 0 Å². The second kappa shape index (κ2) is 6.61. The molecule has 40 valence electrons. The Labute approximate surface area is 56.7 Å². The lowest BCUT2D eigenvalue weighted by Gasteiger charge is -1.73. The van der Waals surface area contributed by atoms with Gasteiger partial charge in [-0.3, -0.25) is 0 Å². The van der Waals surface area contributed by atoms with E-state index in [0.29, 0.717) is 0 Å². The fourth-order valence-corrected chi connectivity index (χ4v) is 0.941. The van der Waals surface area contributed by atoms with Crippen LogP contribution in [0.4, 0.5) is 0 Å². The molecule has 7 heavy (non-hydrogen) atoms. The lowest BCUT2D eigenvalue weighted by molar-refractivity contribution is 2.47. The highest BCUT2D eigenvalue weighted by atomic mass is 32.1. The predicted octanol–water partition coefficient (Wildman–Crippen LogP) is 2.47. The van der Waals surface area contributed by atoms with E-state index in [1.54, 1.807) is 10.8 Å². The molecule has 0 amide bonds. The molecule has 0 aliphatic heterocycles. The Morgan fingerprint density at radius 2 is 1.43 bits per heavy atom. The second-order valence-corrected chi connectivity index (χ2v) is 2.39. The zero-order valence-corrected chi connectivity index (χ0v) is 6.49. The van der Waals surface area contributed by atoms with Crippen molar-refractivity contribution < 1.29 is 0 Å². The van der Waals surface area contributed by atoms with E-state index in [1.165, 1.54) is 0 Å². The van der Waals surface area contributed by atoms with Crippen molar-refractivity contribution in [3.63, 3.8) is 0 Å². The molecule has 0 atom stereocenters. The molecule has 0 unspecified atom stereocenters. The van der Waals surface area contributed by atoms with E-state index < -0.39 is 0 Å².